The van der Waals surface area contributed by atoms with E-state index in [4.69, 9.17) is 19.4 Å². The second-order valence-corrected chi connectivity index (χ2v) is 12.2. The Labute approximate surface area is 241 Å². The number of ether oxygens (including phenoxy) is 2. The SMILES string of the molecule is CC(=O)N1CCn2c(C3CCOCC3)nc(-c3cccc4nc(N5CCN(C(=O)OC(C)(C)C)CC5)ccc34)c2C1. The van der Waals surface area contributed by atoms with Crippen molar-refractivity contribution in [3.8, 4) is 11.3 Å². The van der Waals surface area contributed by atoms with Crippen molar-refractivity contribution >= 4 is 28.7 Å². The minimum absolute atomic E-state index is 0.0898. The summed E-state index contributed by atoms with van der Waals surface area (Å²) in [5.74, 6) is 2.47. The van der Waals surface area contributed by atoms with E-state index in [0.717, 1.165) is 72.1 Å². The lowest BCUT2D eigenvalue weighted by atomic mass is 9.99. The van der Waals surface area contributed by atoms with E-state index in [2.05, 4.69) is 27.7 Å². The summed E-state index contributed by atoms with van der Waals surface area (Å²) < 4.78 is 13.5. The highest BCUT2D eigenvalue weighted by atomic mass is 16.6. The normalized spacial score (nSPS) is 18.5. The summed E-state index contributed by atoms with van der Waals surface area (Å²) in [7, 11) is 0. The van der Waals surface area contributed by atoms with Gasteiger partial charge in [0.15, 0.2) is 0 Å². The van der Waals surface area contributed by atoms with Crippen LogP contribution in [0.5, 0.6) is 0 Å². The number of fused-ring (bicyclic) bond motifs is 2. The Morgan fingerprint density at radius 1 is 0.927 bits per heavy atom. The molecule has 1 aromatic carbocycles. The van der Waals surface area contributed by atoms with Gasteiger partial charge in [-0.15, -0.1) is 0 Å². The fourth-order valence-corrected chi connectivity index (χ4v) is 6.12. The zero-order chi connectivity index (χ0) is 28.7. The number of imidazole rings is 1. The first-order valence-corrected chi connectivity index (χ1v) is 14.7. The summed E-state index contributed by atoms with van der Waals surface area (Å²) in [4.78, 5) is 41.0. The lowest BCUT2D eigenvalue weighted by Gasteiger charge is -2.36. The Balaban J connectivity index is 1.29. The fourth-order valence-electron chi connectivity index (χ4n) is 6.12. The summed E-state index contributed by atoms with van der Waals surface area (Å²) >= 11 is 0. The van der Waals surface area contributed by atoms with E-state index < -0.39 is 5.60 Å². The van der Waals surface area contributed by atoms with Gasteiger partial charge < -0.3 is 28.7 Å². The molecule has 2 aromatic heterocycles. The van der Waals surface area contributed by atoms with Gasteiger partial charge in [-0.25, -0.2) is 14.8 Å². The van der Waals surface area contributed by atoms with Gasteiger partial charge in [0.2, 0.25) is 5.91 Å². The molecule has 41 heavy (non-hydrogen) atoms. The molecule has 6 rings (SSSR count). The number of anilines is 1. The van der Waals surface area contributed by atoms with Crippen LogP contribution in [0.3, 0.4) is 0 Å². The molecule has 10 heteroatoms. The third-order valence-corrected chi connectivity index (χ3v) is 8.30. The fraction of sp³-hybridized carbons (Fsp3) is 0.548. The van der Waals surface area contributed by atoms with Crippen molar-refractivity contribution < 1.29 is 19.1 Å². The van der Waals surface area contributed by atoms with Crippen molar-refractivity contribution in [1.29, 1.82) is 0 Å². The van der Waals surface area contributed by atoms with Crippen molar-refractivity contribution in [2.75, 3.05) is 50.8 Å². The lowest BCUT2D eigenvalue weighted by molar-refractivity contribution is -0.130. The molecule has 2 amide bonds. The summed E-state index contributed by atoms with van der Waals surface area (Å²) in [5.41, 5.74) is 3.49. The number of benzene rings is 1. The van der Waals surface area contributed by atoms with Crippen molar-refractivity contribution in [1.82, 2.24) is 24.3 Å². The number of aromatic nitrogens is 3. The van der Waals surface area contributed by atoms with Crippen LogP contribution in [0.15, 0.2) is 30.3 Å². The molecule has 10 nitrogen and oxygen atoms in total. The summed E-state index contributed by atoms with van der Waals surface area (Å²) in [6.45, 7) is 13.4. The average molecular weight is 561 g/mol. The largest absolute Gasteiger partial charge is 0.444 e. The molecule has 0 unspecified atom stereocenters. The molecule has 3 aliphatic heterocycles. The van der Waals surface area contributed by atoms with E-state index in [0.29, 0.717) is 45.2 Å². The van der Waals surface area contributed by atoms with Gasteiger partial charge in [0.25, 0.3) is 0 Å². The van der Waals surface area contributed by atoms with E-state index in [1.165, 1.54) is 0 Å². The summed E-state index contributed by atoms with van der Waals surface area (Å²) in [6, 6.07) is 10.4. The van der Waals surface area contributed by atoms with Crippen molar-refractivity contribution in [3.63, 3.8) is 0 Å². The molecule has 0 spiro atoms. The highest BCUT2D eigenvalue weighted by Crippen LogP contribution is 2.37. The van der Waals surface area contributed by atoms with E-state index in [-0.39, 0.29) is 12.0 Å². The Morgan fingerprint density at radius 3 is 2.37 bits per heavy atom. The molecular formula is C31H40N6O4. The predicted octanol–water partition coefficient (Wildman–Crippen LogP) is 4.41. The van der Waals surface area contributed by atoms with Crippen LogP contribution in [-0.4, -0.2) is 87.9 Å². The maximum atomic E-state index is 12.5. The molecule has 2 saturated heterocycles. The van der Waals surface area contributed by atoms with Gasteiger partial charge >= 0.3 is 6.09 Å². The maximum absolute atomic E-state index is 12.5. The minimum Gasteiger partial charge on any atom is -0.444 e. The van der Waals surface area contributed by atoms with Gasteiger partial charge in [0, 0.05) is 76.3 Å². The number of hydrogen-bond donors (Lipinski definition) is 0. The molecule has 0 saturated carbocycles. The van der Waals surface area contributed by atoms with Crippen LogP contribution < -0.4 is 4.90 Å². The zero-order valence-electron chi connectivity index (χ0n) is 24.6. The molecule has 5 heterocycles. The second-order valence-electron chi connectivity index (χ2n) is 12.2. The van der Waals surface area contributed by atoms with Crippen LogP contribution in [0.25, 0.3) is 22.2 Å². The number of carbonyl (C=O) groups excluding carboxylic acids is 2. The first kappa shape index (κ1) is 27.5. The average Bonchev–Trinajstić information content (AvgIpc) is 3.35. The van der Waals surface area contributed by atoms with Gasteiger partial charge in [-0.05, 0) is 51.8 Å². The van der Waals surface area contributed by atoms with Crippen LogP contribution in [0.1, 0.15) is 58.0 Å². The van der Waals surface area contributed by atoms with Gasteiger partial charge in [0.05, 0.1) is 23.4 Å². The first-order valence-electron chi connectivity index (χ1n) is 14.7. The molecular weight excluding hydrogens is 520 g/mol. The molecule has 3 aromatic rings. The van der Waals surface area contributed by atoms with E-state index >= 15 is 0 Å². The van der Waals surface area contributed by atoms with Crippen LogP contribution in [0.4, 0.5) is 10.6 Å². The third-order valence-electron chi connectivity index (χ3n) is 8.30. The Kier molecular flexibility index (Phi) is 7.36. The van der Waals surface area contributed by atoms with Gasteiger partial charge in [-0.3, -0.25) is 4.79 Å². The summed E-state index contributed by atoms with van der Waals surface area (Å²) in [5, 5.41) is 1.04. The molecule has 2 fully saturated rings. The van der Waals surface area contributed by atoms with Crippen molar-refractivity contribution in [3.05, 3.63) is 41.9 Å². The zero-order valence-corrected chi connectivity index (χ0v) is 24.6. The molecule has 218 valence electrons. The van der Waals surface area contributed by atoms with Gasteiger partial charge in [0.1, 0.15) is 17.2 Å². The monoisotopic (exact) mass is 560 g/mol. The van der Waals surface area contributed by atoms with Crippen LogP contribution in [-0.2, 0) is 27.4 Å². The summed E-state index contributed by atoms with van der Waals surface area (Å²) in [6.07, 6.45) is 1.67. The minimum atomic E-state index is -0.504. The molecule has 3 aliphatic rings. The highest BCUT2D eigenvalue weighted by molar-refractivity contribution is 5.95. The molecule has 0 atom stereocenters. The Bertz CT molecular complexity index is 1450. The third kappa shape index (κ3) is 5.62. The number of nitrogens with zero attached hydrogens (tertiary/aromatic N) is 6. The quantitative estimate of drug-likeness (QED) is 0.469. The maximum Gasteiger partial charge on any atom is 0.410 e. The highest BCUT2D eigenvalue weighted by Gasteiger charge is 2.31. The number of hydrogen-bond acceptors (Lipinski definition) is 7. The predicted molar refractivity (Wildman–Crippen MR) is 157 cm³/mol. The number of pyridine rings is 1. The molecule has 0 bridgehead atoms. The molecule has 0 aliphatic carbocycles. The van der Waals surface area contributed by atoms with Crippen LogP contribution >= 0.6 is 0 Å². The number of carbonyl (C=O) groups is 2. The molecule has 0 N–H and O–H groups in total. The lowest BCUT2D eigenvalue weighted by Crippen LogP contribution is -2.50. The topological polar surface area (TPSA) is 93.0 Å². The standard InChI is InChI=1S/C31H40N6O4/c1-21(38)36-16-17-37-26(20-36)28(33-29(37)22-10-18-40-19-11-22)24-6-5-7-25-23(24)8-9-27(32-25)34-12-14-35(15-13-34)30(39)41-31(2,3)4/h5-9,22H,10-20H2,1-4H3. The first-order chi connectivity index (χ1) is 19.7. The van der Waals surface area contributed by atoms with E-state index in [9.17, 15) is 9.59 Å². The van der Waals surface area contributed by atoms with E-state index in [1.807, 2.05) is 37.8 Å². The number of amides is 2. The van der Waals surface area contributed by atoms with Crippen molar-refractivity contribution in [2.24, 2.45) is 0 Å². The Morgan fingerprint density at radius 2 is 1.66 bits per heavy atom. The van der Waals surface area contributed by atoms with E-state index in [1.54, 1.807) is 11.8 Å². The van der Waals surface area contributed by atoms with Crippen LogP contribution in [0.2, 0.25) is 0 Å². The number of piperazine rings is 1. The second kappa shape index (κ2) is 11.0. The van der Waals surface area contributed by atoms with Crippen molar-refractivity contribution in [2.45, 2.75) is 65.1 Å². The van der Waals surface area contributed by atoms with Gasteiger partial charge in [-0.1, -0.05) is 12.1 Å². The Hall–Kier alpha value is -3.66. The van der Waals surface area contributed by atoms with Crippen LogP contribution in [0, 0.1) is 0 Å². The van der Waals surface area contributed by atoms with Gasteiger partial charge in [-0.2, -0.15) is 0 Å². The molecule has 0 radical (unpaired) electrons. The smallest absolute Gasteiger partial charge is 0.410 e. The number of rotatable bonds is 3.